The van der Waals surface area contributed by atoms with Crippen LogP contribution in [0.15, 0.2) is 35.0 Å². The van der Waals surface area contributed by atoms with Gasteiger partial charge in [-0.15, -0.1) is 0 Å². The molecule has 0 unspecified atom stereocenters. The zero-order chi connectivity index (χ0) is 14.9. The number of carbonyl (C=O) groups is 1. The average Bonchev–Trinajstić information content (AvgIpc) is 2.63. The summed E-state index contributed by atoms with van der Waals surface area (Å²) in [6.07, 6.45) is 6.30. The van der Waals surface area contributed by atoms with Crippen molar-refractivity contribution in [2.75, 3.05) is 12.4 Å². The standard InChI is InChI=1S/C11H12N2O4S3.K/c1-2-13-10(14)9(19-11(13)18)8-5-3-4-6-12(8)7-20(15,16)17;/h3-6H,2,7H2,1H3,(H,15,16,17);/q;+1/p-1/b9-8+;. The fraction of sp³-hybridized carbons (Fsp3) is 0.273. The number of nitrogens with zero attached hydrogens (tertiary/aromatic N) is 2. The Morgan fingerprint density at radius 3 is 2.57 bits per heavy atom. The second-order valence-corrected chi connectivity index (χ2v) is 7.01. The van der Waals surface area contributed by atoms with Gasteiger partial charge in [-0.25, -0.2) is 8.42 Å². The minimum absolute atomic E-state index is 0. The summed E-state index contributed by atoms with van der Waals surface area (Å²) in [4.78, 5) is 15.2. The van der Waals surface area contributed by atoms with Crippen molar-refractivity contribution in [3.63, 3.8) is 0 Å². The van der Waals surface area contributed by atoms with Crippen LogP contribution in [0.4, 0.5) is 0 Å². The molecule has 2 rings (SSSR count). The molecule has 0 saturated carbocycles. The van der Waals surface area contributed by atoms with Gasteiger partial charge in [0.15, 0.2) is 0 Å². The maximum atomic E-state index is 12.2. The third-order valence-corrected chi connectivity index (χ3v) is 4.68. The fourth-order valence-corrected chi connectivity index (χ4v) is 3.80. The Bertz CT molecular complexity index is 654. The Labute approximate surface area is 175 Å². The molecule has 0 spiro atoms. The van der Waals surface area contributed by atoms with E-state index in [1.807, 2.05) is 0 Å². The molecule has 0 radical (unpaired) electrons. The van der Waals surface area contributed by atoms with Crippen molar-refractivity contribution in [3.8, 4) is 0 Å². The first-order valence-corrected chi connectivity index (χ1v) is 8.46. The van der Waals surface area contributed by atoms with E-state index in [1.165, 1.54) is 16.0 Å². The van der Waals surface area contributed by atoms with E-state index in [9.17, 15) is 17.8 Å². The number of rotatable bonds is 3. The molecule has 0 aromatic carbocycles. The fourth-order valence-electron chi connectivity index (χ4n) is 1.79. The summed E-state index contributed by atoms with van der Waals surface area (Å²) in [7, 11) is -4.45. The Morgan fingerprint density at radius 2 is 2.05 bits per heavy atom. The molecule has 0 bridgehead atoms. The largest absolute Gasteiger partial charge is 1.00 e. The Morgan fingerprint density at radius 1 is 1.38 bits per heavy atom. The van der Waals surface area contributed by atoms with E-state index in [1.54, 1.807) is 25.2 Å². The zero-order valence-electron chi connectivity index (χ0n) is 11.5. The van der Waals surface area contributed by atoms with Crippen molar-refractivity contribution in [1.29, 1.82) is 0 Å². The SMILES string of the molecule is CCN1C(=O)/C(=C2/C=CC=CN2CS(=O)(=O)[O-])SC1=S.[K+]. The molecule has 0 aromatic rings. The van der Waals surface area contributed by atoms with E-state index in [-0.39, 0.29) is 57.3 Å². The minimum atomic E-state index is -4.45. The first-order chi connectivity index (χ1) is 9.33. The van der Waals surface area contributed by atoms with E-state index >= 15 is 0 Å². The van der Waals surface area contributed by atoms with Crippen LogP contribution in [-0.2, 0) is 14.9 Å². The van der Waals surface area contributed by atoms with Crippen molar-refractivity contribution < 1.29 is 69.1 Å². The van der Waals surface area contributed by atoms with E-state index in [0.717, 1.165) is 11.8 Å². The van der Waals surface area contributed by atoms with Crippen molar-refractivity contribution in [3.05, 3.63) is 35.0 Å². The van der Waals surface area contributed by atoms with Crippen LogP contribution in [0.2, 0.25) is 0 Å². The molecule has 6 nitrogen and oxygen atoms in total. The molecule has 0 atom stereocenters. The first-order valence-electron chi connectivity index (χ1n) is 5.66. The summed E-state index contributed by atoms with van der Waals surface area (Å²) in [5.74, 6) is -0.995. The molecule has 0 aliphatic carbocycles. The van der Waals surface area contributed by atoms with Crippen molar-refractivity contribution in [2.45, 2.75) is 6.92 Å². The van der Waals surface area contributed by atoms with Gasteiger partial charge in [0.1, 0.15) is 25.2 Å². The number of carbonyl (C=O) groups excluding carboxylic acids is 1. The predicted octanol–water partition coefficient (Wildman–Crippen LogP) is -2.03. The van der Waals surface area contributed by atoms with Gasteiger partial charge in [0, 0.05) is 12.7 Å². The van der Waals surface area contributed by atoms with Gasteiger partial charge < -0.3 is 9.45 Å². The number of hydrogen-bond donors (Lipinski definition) is 0. The minimum Gasteiger partial charge on any atom is -0.747 e. The smallest absolute Gasteiger partial charge is 0.747 e. The molecule has 2 heterocycles. The molecule has 1 saturated heterocycles. The quantitative estimate of drug-likeness (QED) is 0.245. The number of amides is 1. The summed E-state index contributed by atoms with van der Waals surface area (Å²) in [6.45, 7) is 2.25. The van der Waals surface area contributed by atoms with E-state index in [4.69, 9.17) is 12.2 Å². The number of thioether (sulfide) groups is 1. The number of likely N-dealkylation sites (N-methyl/N-ethyl adjacent to an activating group) is 1. The topological polar surface area (TPSA) is 80.8 Å². The molecule has 1 amide bonds. The van der Waals surface area contributed by atoms with Crippen LogP contribution in [0, 0.1) is 0 Å². The Balaban J connectivity index is 0.00000220. The third kappa shape index (κ3) is 4.72. The maximum absolute atomic E-state index is 12.2. The number of allylic oxidation sites excluding steroid dienone is 3. The molecular formula is C11H11KN2O4S3. The molecular weight excluding hydrogens is 359 g/mol. The molecule has 1 fully saturated rings. The Kier molecular flexibility index (Phi) is 7.29. The predicted molar refractivity (Wildman–Crippen MR) is 79.3 cm³/mol. The molecule has 108 valence electrons. The van der Waals surface area contributed by atoms with E-state index in [2.05, 4.69) is 0 Å². The Hall–Kier alpha value is 0.476. The summed E-state index contributed by atoms with van der Waals surface area (Å²) < 4.78 is 33.2. The third-order valence-electron chi connectivity index (χ3n) is 2.64. The average molecular weight is 371 g/mol. The van der Waals surface area contributed by atoms with Crippen LogP contribution in [-0.4, -0.2) is 45.4 Å². The van der Waals surface area contributed by atoms with Crippen LogP contribution in [0.25, 0.3) is 0 Å². The second-order valence-electron chi connectivity index (χ2n) is 3.99. The van der Waals surface area contributed by atoms with Crippen LogP contribution < -0.4 is 51.4 Å². The summed E-state index contributed by atoms with van der Waals surface area (Å²) >= 11 is 6.21. The van der Waals surface area contributed by atoms with E-state index in [0.29, 0.717) is 21.5 Å². The molecule has 10 heteroatoms. The summed E-state index contributed by atoms with van der Waals surface area (Å²) in [6, 6.07) is 0. The van der Waals surface area contributed by atoms with E-state index < -0.39 is 16.0 Å². The summed E-state index contributed by atoms with van der Waals surface area (Å²) in [5, 5.41) is 0. The van der Waals surface area contributed by atoms with Crippen LogP contribution >= 0.6 is 24.0 Å². The summed E-state index contributed by atoms with van der Waals surface area (Å²) in [5.41, 5.74) is 0.375. The van der Waals surface area contributed by atoms with Gasteiger partial charge in [-0.3, -0.25) is 9.69 Å². The molecule has 2 aliphatic heterocycles. The van der Waals surface area contributed by atoms with Gasteiger partial charge in [0.25, 0.3) is 5.91 Å². The molecule has 0 N–H and O–H groups in total. The van der Waals surface area contributed by atoms with Crippen molar-refractivity contribution in [1.82, 2.24) is 9.80 Å². The van der Waals surface area contributed by atoms with Gasteiger partial charge in [-0.1, -0.05) is 30.1 Å². The van der Waals surface area contributed by atoms with Gasteiger partial charge in [-0.05, 0) is 19.1 Å². The van der Waals surface area contributed by atoms with Crippen LogP contribution in [0.1, 0.15) is 6.92 Å². The second kappa shape index (κ2) is 7.84. The van der Waals surface area contributed by atoms with Gasteiger partial charge in [-0.2, -0.15) is 0 Å². The normalized spacial score (nSPS) is 22.0. The van der Waals surface area contributed by atoms with Crippen LogP contribution in [0.5, 0.6) is 0 Å². The molecule has 0 aromatic heterocycles. The zero-order valence-corrected chi connectivity index (χ0v) is 17.0. The van der Waals surface area contributed by atoms with Gasteiger partial charge in [0.2, 0.25) is 0 Å². The monoisotopic (exact) mass is 370 g/mol. The van der Waals surface area contributed by atoms with Crippen molar-refractivity contribution in [2.24, 2.45) is 0 Å². The number of thiocarbonyl (C=S) groups is 1. The number of hydrogen-bond acceptors (Lipinski definition) is 7. The van der Waals surface area contributed by atoms with Gasteiger partial charge in [0.05, 0.1) is 5.70 Å². The van der Waals surface area contributed by atoms with Gasteiger partial charge >= 0.3 is 51.4 Å². The maximum Gasteiger partial charge on any atom is 1.00 e. The van der Waals surface area contributed by atoms with Crippen molar-refractivity contribution >= 4 is 44.3 Å². The van der Waals surface area contributed by atoms with Crippen LogP contribution in [0.3, 0.4) is 0 Å². The first kappa shape index (κ1) is 19.5. The molecule has 2 aliphatic rings. The molecule has 21 heavy (non-hydrogen) atoms.